The minimum atomic E-state index is -0.328. The molecule has 0 radical (unpaired) electrons. The maximum atomic E-state index is 14.0. The van der Waals surface area contributed by atoms with Crippen molar-refractivity contribution in [2.24, 2.45) is 0 Å². The fourth-order valence-corrected chi connectivity index (χ4v) is 4.83. The summed E-state index contributed by atoms with van der Waals surface area (Å²) in [6.07, 6.45) is 0. The molecule has 0 atom stereocenters. The molecule has 2 heterocycles. The summed E-state index contributed by atoms with van der Waals surface area (Å²) >= 11 is 0. The number of benzene rings is 3. The number of aromatic nitrogens is 4. The Kier molecular flexibility index (Phi) is 6.98. The van der Waals surface area contributed by atoms with Gasteiger partial charge in [-0.1, -0.05) is 66.7 Å². The highest BCUT2D eigenvalue weighted by molar-refractivity contribution is 5.97. The van der Waals surface area contributed by atoms with Crippen LogP contribution >= 0.6 is 0 Å². The van der Waals surface area contributed by atoms with Gasteiger partial charge in [-0.25, -0.2) is 4.79 Å². The molecule has 0 saturated carbocycles. The van der Waals surface area contributed by atoms with Gasteiger partial charge in [0.05, 0.1) is 18.0 Å². The van der Waals surface area contributed by atoms with E-state index in [4.69, 9.17) is 9.84 Å². The molecule has 8 heteroatoms. The van der Waals surface area contributed by atoms with E-state index < -0.39 is 0 Å². The zero-order valence-corrected chi connectivity index (χ0v) is 22.1. The molecule has 0 spiro atoms. The summed E-state index contributed by atoms with van der Waals surface area (Å²) < 4.78 is 10.5. The van der Waals surface area contributed by atoms with E-state index in [0.29, 0.717) is 35.9 Å². The van der Waals surface area contributed by atoms with E-state index in [-0.39, 0.29) is 17.9 Å². The molecule has 0 bridgehead atoms. The van der Waals surface area contributed by atoms with Gasteiger partial charge >= 0.3 is 5.69 Å². The average molecular weight is 510 g/mol. The van der Waals surface area contributed by atoms with Crippen LogP contribution in [0.2, 0.25) is 0 Å². The van der Waals surface area contributed by atoms with Crippen LogP contribution < -0.4 is 16.1 Å². The summed E-state index contributed by atoms with van der Waals surface area (Å²) in [5, 5.41) is 6.06. The van der Waals surface area contributed by atoms with Crippen molar-refractivity contribution in [2.75, 3.05) is 19.0 Å². The predicted octanol–water partition coefficient (Wildman–Crippen LogP) is 4.45. The van der Waals surface area contributed by atoms with Crippen LogP contribution in [-0.4, -0.2) is 33.0 Å². The summed E-state index contributed by atoms with van der Waals surface area (Å²) in [5.74, 6) is 0.893. The molecule has 0 saturated heterocycles. The molecule has 0 amide bonds. The Labute approximate surface area is 221 Å². The Bertz CT molecular complexity index is 1710. The maximum Gasteiger partial charge on any atom is 0.352 e. The average Bonchev–Trinajstić information content (AvgIpc) is 3.24. The van der Waals surface area contributed by atoms with Crippen molar-refractivity contribution in [1.29, 1.82) is 0 Å². The molecule has 0 N–H and O–H groups in total. The van der Waals surface area contributed by atoms with Crippen molar-refractivity contribution in [3.8, 4) is 11.5 Å². The summed E-state index contributed by atoms with van der Waals surface area (Å²) in [7, 11) is 3.81. The van der Waals surface area contributed by atoms with Crippen LogP contribution in [0.1, 0.15) is 23.9 Å². The second kappa shape index (κ2) is 10.5. The molecule has 5 rings (SSSR count). The first-order valence-electron chi connectivity index (χ1n) is 12.6. The van der Waals surface area contributed by atoms with Crippen LogP contribution in [0.3, 0.4) is 0 Å². The van der Waals surface area contributed by atoms with Gasteiger partial charge in [-0.2, -0.15) is 4.68 Å². The standard InChI is InChI=1S/C30H31N5O3/c1-5-33-26(20-38-19-22-14-7-6-8-15-22)31-35(30(33)37)28-27(32(3)4)23-16-10-11-17-24(23)29(36)34(28)25-18-12-9-13-21(25)2/h6-18H,5,19-20H2,1-4H3. The number of nitrogens with zero attached hydrogens (tertiary/aromatic N) is 5. The lowest BCUT2D eigenvalue weighted by molar-refractivity contribution is 0.0989. The number of para-hydroxylation sites is 1. The number of anilines is 1. The van der Waals surface area contributed by atoms with E-state index in [1.807, 2.05) is 112 Å². The first kappa shape index (κ1) is 25.2. The van der Waals surface area contributed by atoms with Gasteiger partial charge in [-0.3, -0.25) is 13.9 Å². The number of rotatable bonds is 8. The number of pyridine rings is 1. The monoisotopic (exact) mass is 509 g/mol. The van der Waals surface area contributed by atoms with Crippen LogP contribution in [-0.2, 0) is 24.5 Å². The van der Waals surface area contributed by atoms with Crippen molar-refractivity contribution < 1.29 is 4.74 Å². The number of hydrogen-bond donors (Lipinski definition) is 0. The SMILES string of the molecule is CCn1c(COCc2ccccc2)nn(-c2c(N(C)C)c3ccccc3c(=O)n2-c2ccccc2C)c1=O. The minimum Gasteiger partial charge on any atom is -0.374 e. The van der Waals surface area contributed by atoms with Gasteiger partial charge in [0.25, 0.3) is 5.56 Å². The molecule has 0 aliphatic carbocycles. The van der Waals surface area contributed by atoms with E-state index in [1.165, 1.54) is 4.68 Å². The third-order valence-electron chi connectivity index (χ3n) is 6.64. The summed E-state index contributed by atoms with van der Waals surface area (Å²) in [5.41, 5.74) is 2.82. The van der Waals surface area contributed by atoms with Crippen molar-refractivity contribution in [2.45, 2.75) is 33.6 Å². The van der Waals surface area contributed by atoms with Crippen molar-refractivity contribution in [3.63, 3.8) is 0 Å². The van der Waals surface area contributed by atoms with Gasteiger partial charge in [-0.15, -0.1) is 5.10 Å². The van der Waals surface area contributed by atoms with Crippen molar-refractivity contribution in [1.82, 2.24) is 18.9 Å². The van der Waals surface area contributed by atoms with E-state index in [9.17, 15) is 9.59 Å². The third kappa shape index (κ3) is 4.43. The molecule has 3 aromatic carbocycles. The number of hydrogen-bond acceptors (Lipinski definition) is 5. The maximum absolute atomic E-state index is 14.0. The Morgan fingerprint density at radius 3 is 2.18 bits per heavy atom. The molecule has 38 heavy (non-hydrogen) atoms. The van der Waals surface area contributed by atoms with Crippen LogP contribution in [0.15, 0.2) is 88.5 Å². The quantitative estimate of drug-likeness (QED) is 0.309. The highest BCUT2D eigenvalue weighted by Gasteiger charge is 2.25. The molecule has 0 aliphatic heterocycles. The topological polar surface area (TPSA) is 74.3 Å². The molecule has 0 unspecified atom stereocenters. The van der Waals surface area contributed by atoms with Gasteiger partial charge < -0.3 is 9.64 Å². The smallest absolute Gasteiger partial charge is 0.352 e. The Morgan fingerprint density at radius 1 is 0.842 bits per heavy atom. The Balaban J connectivity index is 1.75. The fraction of sp³-hybridized carbons (Fsp3) is 0.233. The molecule has 194 valence electrons. The molecule has 0 aliphatic rings. The highest BCUT2D eigenvalue weighted by atomic mass is 16.5. The number of fused-ring (bicyclic) bond motifs is 1. The molecular weight excluding hydrogens is 478 g/mol. The molecule has 0 fully saturated rings. The number of ether oxygens (including phenoxy) is 1. The molecule has 2 aromatic heterocycles. The largest absolute Gasteiger partial charge is 0.374 e. The van der Waals surface area contributed by atoms with Gasteiger partial charge in [0.15, 0.2) is 11.6 Å². The van der Waals surface area contributed by atoms with Crippen LogP contribution in [0.5, 0.6) is 0 Å². The second-order valence-electron chi connectivity index (χ2n) is 9.37. The van der Waals surface area contributed by atoms with E-state index in [0.717, 1.165) is 22.2 Å². The zero-order valence-electron chi connectivity index (χ0n) is 22.1. The van der Waals surface area contributed by atoms with E-state index in [2.05, 4.69) is 0 Å². The molecule has 5 aromatic rings. The van der Waals surface area contributed by atoms with Gasteiger partial charge in [0.1, 0.15) is 6.61 Å². The van der Waals surface area contributed by atoms with Gasteiger partial charge in [0, 0.05) is 31.4 Å². The predicted molar refractivity (Wildman–Crippen MR) is 151 cm³/mol. The van der Waals surface area contributed by atoms with Crippen LogP contribution in [0, 0.1) is 6.92 Å². The van der Waals surface area contributed by atoms with Crippen molar-refractivity contribution in [3.05, 3.63) is 117 Å². The zero-order chi connectivity index (χ0) is 26.8. The summed E-state index contributed by atoms with van der Waals surface area (Å²) in [6, 6.07) is 25.0. The molecular formula is C30H31N5O3. The first-order chi connectivity index (χ1) is 18.4. The van der Waals surface area contributed by atoms with E-state index in [1.54, 1.807) is 9.13 Å². The lowest BCUT2D eigenvalue weighted by Gasteiger charge is -2.24. The highest BCUT2D eigenvalue weighted by Crippen LogP contribution is 2.32. The summed E-state index contributed by atoms with van der Waals surface area (Å²) in [4.78, 5) is 29.8. The van der Waals surface area contributed by atoms with E-state index >= 15 is 0 Å². The fourth-order valence-electron chi connectivity index (χ4n) is 4.83. The Hall–Kier alpha value is -4.43. The third-order valence-corrected chi connectivity index (χ3v) is 6.64. The lowest BCUT2D eigenvalue weighted by atomic mass is 10.1. The van der Waals surface area contributed by atoms with Gasteiger partial charge in [-0.05, 0) is 37.1 Å². The van der Waals surface area contributed by atoms with Crippen LogP contribution in [0.4, 0.5) is 5.69 Å². The summed E-state index contributed by atoms with van der Waals surface area (Å²) in [6.45, 7) is 4.83. The van der Waals surface area contributed by atoms with Crippen molar-refractivity contribution >= 4 is 16.5 Å². The second-order valence-corrected chi connectivity index (χ2v) is 9.37. The van der Waals surface area contributed by atoms with Gasteiger partial charge in [0.2, 0.25) is 0 Å². The lowest BCUT2D eigenvalue weighted by Crippen LogP contribution is -2.33. The first-order valence-corrected chi connectivity index (χ1v) is 12.6. The number of aryl methyl sites for hydroxylation is 1. The van der Waals surface area contributed by atoms with Crippen LogP contribution in [0.25, 0.3) is 22.3 Å². The Morgan fingerprint density at radius 2 is 1.50 bits per heavy atom. The minimum absolute atomic E-state index is 0.157. The normalized spacial score (nSPS) is 11.3. The molecule has 8 nitrogen and oxygen atoms in total.